The van der Waals surface area contributed by atoms with Crippen LogP contribution in [0.2, 0.25) is 0 Å². The Morgan fingerprint density at radius 3 is 2.78 bits per heavy atom. The number of rotatable bonds is 4. The molecule has 1 N–H and O–H groups in total. The number of benzene rings is 1. The quantitative estimate of drug-likeness (QED) is 0.762. The number of aromatic amines is 1. The molecule has 3 heterocycles. The highest BCUT2D eigenvalue weighted by Crippen LogP contribution is 2.24. The lowest BCUT2D eigenvalue weighted by atomic mass is 10.0. The van der Waals surface area contributed by atoms with Gasteiger partial charge in [-0.05, 0) is 18.6 Å². The van der Waals surface area contributed by atoms with Crippen LogP contribution in [0.5, 0.6) is 5.75 Å². The van der Waals surface area contributed by atoms with Crippen LogP contribution >= 0.6 is 0 Å². The van der Waals surface area contributed by atoms with Gasteiger partial charge < -0.3 is 14.1 Å². The zero-order chi connectivity index (χ0) is 19.0. The lowest BCUT2D eigenvalue weighted by Gasteiger charge is -2.28. The van der Waals surface area contributed by atoms with E-state index in [0.717, 1.165) is 12.1 Å². The number of methoxy groups -OCH3 is 1. The van der Waals surface area contributed by atoms with E-state index in [1.807, 2.05) is 4.90 Å². The maximum Gasteiger partial charge on any atom is 0.254 e. The van der Waals surface area contributed by atoms with Crippen molar-refractivity contribution in [2.75, 3.05) is 13.7 Å². The zero-order valence-electron chi connectivity index (χ0n) is 14.6. The van der Waals surface area contributed by atoms with E-state index in [4.69, 9.17) is 9.15 Å². The second-order valence-corrected chi connectivity index (χ2v) is 6.35. The molecule has 1 aliphatic heterocycles. The number of nitrogens with zero attached hydrogens (tertiary/aromatic N) is 2. The summed E-state index contributed by atoms with van der Waals surface area (Å²) in [5, 5.41) is 0. The molecule has 6 nitrogen and oxygen atoms in total. The second-order valence-electron chi connectivity index (χ2n) is 6.35. The van der Waals surface area contributed by atoms with E-state index in [0.29, 0.717) is 42.4 Å². The zero-order valence-corrected chi connectivity index (χ0v) is 14.6. The third-order valence-corrected chi connectivity index (χ3v) is 4.64. The van der Waals surface area contributed by atoms with Crippen LogP contribution < -0.4 is 10.3 Å². The molecule has 3 aromatic rings. The maximum atomic E-state index is 14.2. The number of H-pyrrole nitrogens is 1. The summed E-state index contributed by atoms with van der Waals surface area (Å²) in [6.45, 7) is 0.895. The van der Waals surface area contributed by atoms with Gasteiger partial charge in [-0.15, -0.1) is 0 Å². The highest BCUT2D eigenvalue weighted by atomic mass is 19.1. The van der Waals surface area contributed by atoms with Crippen molar-refractivity contribution in [3.8, 4) is 17.3 Å². The van der Waals surface area contributed by atoms with E-state index in [-0.39, 0.29) is 23.4 Å². The summed E-state index contributed by atoms with van der Waals surface area (Å²) in [5.74, 6) is -0.388. The molecule has 0 bridgehead atoms. The minimum Gasteiger partial charge on any atom is -0.497 e. The fraction of sp³-hybridized carbons (Fsp3) is 0.263. The molecule has 0 atom stereocenters. The molecular weight excluding hydrogens is 356 g/mol. The molecule has 0 saturated heterocycles. The van der Waals surface area contributed by atoms with Crippen molar-refractivity contribution < 1.29 is 17.9 Å². The Labute approximate surface area is 153 Å². The van der Waals surface area contributed by atoms with Crippen LogP contribution in [0.1, 0.15) is 16.8 Å². The van der Waals surface area contributed by atoms with Gasteiger partial charge in [-0.2, -0.15) is 0 Å². The summed E-state index contributed by atoms with van der Waals surface area (Å²) < 4.78 is 38.6. The Balaban J connectivity index is 1.61. The molecule has 1 aromatic carbocycles. The lowest BCUT2D eigenvalue weighted by molar-refractivity contribution is 0.233. The van der Waals surface area contributed by atoms with E-state index in [1.165, 1.54) is 13.4 Å². The largest absolute Gasteiger partial charge is 0.497 e. The van der Waals surface area contributed by atoms with Crippen LogP contribution in [0.3, 0.4) is 0 Å². The van der Waals surface area contributed by atoms with Crippen LogP contribution in [0, 0.1) is 11.6 Å². The number of fused-ring (bicyclic) bond motifs is 1. The molecule has 8 heteroatoms. The Bertz CT molecular complexity index is 1010. The van der Waals surface area contributed by atoms with Gasteiger partial charge in [-0.3, -0.25) is 9.69 Å². The van der Waals surface area contributed by atoms with E-state index >= 15 is 0 Å². The Morgan fingerprint density at radius 1 is 1.33 bits per heavy atom. The van der Waals surface area contributed by atoms with Crippen LogP contribution in [0.4, 0.5) is 8.78 Å². The Hall–Kier alpha value is -3.00. The number of halogens is 2. The minimum atomic E-state index is -0.659. The molecule has 140 valence electrons. The van der Waals surface area contributed by atoms with Crippen molar-refractivity contribution in [2.24, 2.45) is 0 Å². The molecule has 0 radical (unpaired) electrons. The van der Waals surface area contributed by atoms with Gasteiger partial charge in [0, 0.05) is 42.9 Å². The summed E-state index contributed by atoms with van der Waals surface area (Å²) in [4.78, 5) is 21.4. The van der Waals surface area contributed by atoms with Gasteiger partial charge in [0.15, 0.2) is 11.6 Å². The average molecular weight is 373 g/mol. The molecule has 2 aromatic heterocycles. The molecule has 4 rings (SSSR count). The van der Waals surface area contributed by atoms with Crippen molar-refractivity contribution in [2.45, 2.75) is 19.5 Å². The summed E-state index contributed by atoms with van der Waals surface area (Å²) in [6, 6.07) is 5.73. The average Bonchev–Trinajstić information content (AvgIpc) is 3.19. The Kier molecular flexibility index (Phi) is 4.49. The van der Waals surface area contributed by atoms with Gasteiger partial charge >= 0.3 is 0 Å². The monoisotopic (exact) mass is 373 g/mol. The highest BCUT2D eigenvalue weighted by Gasteiger charge is 2.24. The first-order chi connectivity index (χ1) is 13.0. The minimum absolute atomic E-state index is 0.0321. The van der Waals surface area contributed by atoms with E-state index < -0.39 is 11.6 Å². The summed E-state index contributed by atoms with van der Waals surface area (Å²) in [6.07, 6.45) is 1.95. The normalized spacial score (nSPS) is 14.2. The van der Waals surface area contributed by atoms with Crippen LogP contribution in [0.15, 0.2) is 39.7 Å². The number of ether oxygens (including phenoxy) is 1. The predicted molar refractivity (Wildman–Crippen MR) is 93.3 cm³/mol. The fourth-order valence-corrected chi connectivity index (χ4v) is 3.23. The van der Waals surface area contributed by atoms with E-state index in [2.05, 4.69) is 9.97 Å². The predicted octanol–water partition coefficient (Wildman–Crippen LogP) is 2.88. The summed E-state index contributed by atoms with van der Waals surface area (Å²) >= 11 is 0. The van der Waals surface area contributed by atoms with Crippen molar-refractivity contribution in [1.29, 1.82) is 0 Å². The third kappa shape index (κ3) is 3.35. The number of hydrogen-bond acceptors (Lipinski definition) is 5. The van der Waals surface area contributed by atoms with Gasteiger partial charge in [-0.25, -0.2) is 13.8 Å². The van der Waals surface area contributed by atoms with Crippen molar-refractivity contribution in [3.05, 3.63) is 69.3 Å². The van der Waals surface area contributed by atoms with E-state index in [1.54, 1.807) is 12.1 Å². The number of hydrogen-bond donors (Lipinski definition) is 1. The number of furan rings is 1. The Morgan fingerprint density at radius 2 is 2.11 bits per heavy atom. The van der Waals surface area contributed by atoms with Gasteiger partial charge in [0.2, 0.25) is 0 Å². The molecule has 0 amide bonds. The maximum absolute atomic E-state index is 14.2. The van der Waals surface area contributed by atoms with Gasteiger partial charge in [0.25, 0.3) is 5.56 Å². The van der Waals surface area contributed by atoms with Crippen molar-refractivity contribution in [3.63, 3.8) is 0 Å². The van der Waals surface area contributed by atoms with Crippen LogP contribution in [0.25, 0.3) is 11.6 Å². The molecule has 0 unspecified atom stereocenters. The summed E-state index contributed by atoms with van der Waals surface area (Å²) in [7, 11) is 1.36. The van der Waals surface area contributed by atoms with Gasteiger partial charge in [0.05, 0.1) is 19.1 Å². The molecule has 0 aliphatic carbocycles. The van der Waals surface area contributed by atoms with Crippen molar-refractivity contribution in [1.82, 2.24) is 14.9 Å². The first kappa shape index (κ1) is 17.4. The van der Waals surface area contributed by atoms with Gasteiger partial charge in [-0.1, -0.05) is 0 Å². The topological polar surface area (TPSA) is 71.4 Å². The van der Waals surface area contributed by atoms with Crippen LogP contribution in [-0.2, 0) is 19.5 Å². The first-order valence-electron chi connectivity index (χ1n) is 8.45. The standard InChI is InChI=1S/C19H17F2N3O3/c1-26-11-7-14(20)13(15(21)8-11)9-24-5-4-12-16(10-24)22-18(23-19(12)25)17-3-2-6-27-17/h2-3,6-8H,4-5,9-10H2,1H3,(H,22,23,25). The van der Waals surface area contributed by atoms with Gasteiger partial charge in [0.1, 0.15) is 17.4 Å². The van der Waals surface area contributed by atoms with E-state index in [9.17, 15) is 13.6 Å². The lowest BCUT2D eigenvalue weighted by Crippen LogP contribution is -2.35. The molecule has 27 heavy (non-hydrogen) atoms. The second kappa shape index (κ2) is 6.96. The molecule has 1 aliphatic rings. The first-order valence-corrected chi connectivity index (χ1v) is 8.45. The van der Waals surface area contributed by atoms with Crippen LogP contribution in [-0.4, -0.2) is 28.5 Å². The smallest absolute Gasteiger partial charge is 0.254 e. The molecule has 0 saturated carbocycles. The number of aromatic nitrogens is 2. The fourth-order valence-electron chi connectivity index (χ4n) is 3.23. The summed E-state index contributed by atoms with van der Waals surface area (Å²) in [5.41, 5.74) is 0.936. The van der Waals surface area contributed by atoms with Crippen molar-refractivity contribution >= 4 is 0 Å². The SMILES string of the molecule is COc1cc(F)c(CN2CCc3c(nc(-c4ccco4)[nH]c3=O)C2)c(F)c1. The third-order valence-electron chi connectivity index (χ3n) is 4.64. The number of nitrogens with one attached hydrogen (secondary N) is 1. The highest BCUT2D eigenvalue weighted by molar-refractivity contribution is 5.47. The molecular formula is C19H17F2N3O3. The molecule has 0 spiro atoms. The molecule has 0 fully saturated rings.